The lowest BCUT2D eigenvalue weighted by molar-refractivity contribution is -0.153. The average molecular weight is 824 g/mol. The fraction of sp³-hybridized carbons (Fsp3) is 0.514. The largest absolute Gasteiger partial charge is 0.479 e. The third-order valence-electron chi connectivity index (χ3n) is 8.46. The van der Waals surface area contributed by atoms with E-state index in [4.69, 9.17) is 30.9 Å². The first kappa shape index (κ1) is 46.1. The Labute approximate surface area is 332 Å². The van der Waals surface area contributed by atoms with E-state index >= 15 is 0 Å². The maximum absolute atomic E-state index is 14.3. The molecule has 4 atom stereocenters. The van der Waals surface area contributed by atoms with Crippen molar-refractivity contribution in [3.05, 3.63) is 35.9 Å². The molecule has 0 aliphatic carbocycles. The number of carboxylic acids is 2. The summed E-state index contributed by atoms with van der Waals surface area (Å²) in [5.41, 5.74) is -2.51. The number of carboxylic acid groups (broad SMARTS) is 2. The van der Waals surface area contributed by atoms with Crippen LogP contribution in [0.2, 0.25) is 0 Å². The van der Waals surface area contributed by atoms with Crippen LogP contribution < -0.4 is 21.3 Å². The topological polar surface area (TPSA) is 232 Å². The number of aliphatic hydroxyl groups excluding tert-OH is 1. The molecular formula is C35H45N5O10S4. The van der Waals surface area contributed by atoms with Crippen LogP contribution in [0.25, 0.3) is 0 Å². The minimum Gasteiger partial charge on any atom is -0.479 e. The number of hydrogen-bond acceptors (Lipinski definition) is 12. The van der Waals surface area contributed by atoms with Crippen molar-refractivity contribution in [1.82, 2.24) is 26.2 Å². The number of carbonyl (C=O) groups is 7. The van der Waals surface area contributed by atoms with E-state index < -0.39 is 82.3 Å². The first-order valence-electron chi connectivity index (χ1n) is 16.6. The molecule has 4 unspecified atom stereocenters. The van der Waals surface area contributed by atoms with Crippen LogP contribution >= 0.6 is 48.0 Å². The van der Waals surface area contributed by atoms with Gasteiger partial charge in [0.25, 0.3) is 0 Å². The van der Waals surface area contributed by atoms with Crippen LogP contribution in [0.4, 0.5) is 0 Å². The highest BCUT2D eigenvalue weighted by molar-refractivity contribution is 8.25. The van der Waals surface area contributed by atoms with Crippen molar-refractivity contribution in [3.63, 3.8) is 0 Å². The fourth-order valence-electron chi connectivity index (χ4n) is 5.79. The molecule has 7 N–H and O–H groups in total. The van der Waals surface area contributed by atoms with E-state index in [1.165, 1.54) is 37.4 Å². The van der Waals surface area contributed by atoms with Crippen molar-refractivity contribution in [3.8, 4) is 12.3 Å². The van der Waals surface area contributed by atoms with Gasteiger partial charge in [-0.3, -0.25) is 28.9 Å². The van der Waals surface area contributed by atoms with Crippen molar-refractivity contribution < 1.29 is 48.9 Å². The van der Waals surface area contributed by atoms with Gasteiger partial charge in [0.2, 0.25) is 35.6 Å². The van der Waals surface area contributed by atoms with Gasteiger partial charge in [-0.15, -0.1) is 12.3 Å². The second kappa shape index (κ2) is 20.6. The molecule has 15 nitrogen and oxygen atoms in total. The fourth-order valence-corrected chi connectivity index (χ4v) is 8.93. The van der Waals surface area contributed by atoms with Gasteiger partial charge in [-0.25, -0.2) is 9.59 Å². The number of terminal acetylenes is 1. The Balaban J connectivity index is 2.61. The molecule has 0 radical (unpaired) electrons. The molecule has 1 heterocycles. The van der Waals surface area contributed by atoms with Crippen LogP contribution in [0.3, 0.4) is 0 Å². The minimum absolute atomic E-state index is 0.0676. The molecule has 0 spiro atoms. The average Bonchev–Trinajstić information content (AvgIpc) is 3.55. The second-order valence-electron chi connectivity index (χ2n) is 13.4. The number of thioether (sulfide) groups is 2. The molecule has 1 aliphatic rings. The number of aliphatic hydroxyl groups is 1. The molecule has 1 fully saturated rings. The van der Waals surface area contributed by atoms with Gasteiger partial charge in [0, 0.05) is 36.1 Å². The van der Waals surface area contributed by atoms with Crippen molar-refractivity contribution in [2.24, 2.45) is 10.8 Å². The summed E-state index contributed by atoms with van der Waals surface area (Å²) in [7, 11) is 0. The first-order chi connectivity index (χ1) is 25.2. The van der Waals surface area contributed by atoms with Crippen LogP contribution in [-0.4, -0.2) is 119 Å². The maximum atomic E-state index is 14.3. The third-order valence-corrected chi connectivity index (χ3v) is 11.6. The molecule has 54 heavy (non-hydrogen) atoms. The van der Waals surface area contributed by atoms with E-state index in [1.807, 2.05) is 5.32 Å². The Morgan fingerprint density at radius 3 is 2.07 bits per heavy atom. The van der Waals surface area contributed by atoms with Gasteiger partial charge < -0.3 is 36.6 Å². The van der Waals surface area contributed by atoms with Gasteiger partial charge in [-0.1, -0.05) is 92.1 Å². The Morgan fingerprint density at radius 2 is 1.54 bits per heavy atom. The van der Waals surface area contributed by atoms with Crippen LogP contribution in [0.15, 0.2) is 30.3 Å². The van der Waals surface area contributed by atoms with Crippen LogP contribution in [0.1, 0.15) is 58.9 Å². The number of amides is 5. The number of hydrogen-bond donors (Lipinski definition) is 7. The summed E-state index contributed by atoms with van der Waals surface area (Å²) < 4.78 is -0.970. The molecule has 294 valence electrons. The maximum Gasteiger partial charge on any atom is 0.338 e. The summed E-state index contributed by atoms with van der Waals surface area (Å²) in [6.45, 7) is 5.01. The normalized spacial score (nSPS) is 16.4. The first-order valence-corrected chi connectivity index (χ1v) is 19.3. The number of aliphatic carboxylic acids is 2. The summed E-state index contributed by atoms with van der Waals surface area (Å²) >= 11 is 13.3. The highest BCUT2D eigenvalue weighted by Crippen LogP contribution is 2.47. The quantitative estimate of drug-likeness (QED) is 0.0559. The molecule has 0 saturated carbocycles. The Bertz CT molecular complexity index is 1660. The van der Waals surface area contributed by atoms with Gasteiger partial charge in [0.05, 0.1) is 28.1 Å². The van der Waals surface area contributed by atoms with E-state index in [2.05, 4.69) is 21.9 Å². The number of thiocarbonyl (C=S) groups is 2. The van der Waals surface area contributed by atoms with Crippen molar-refractivity contribution in [2.75, 3.05) is 31.9 Å². The van der Waals surface area contributed by atoms with Gasteiger partial charge in [0.15, 0.2) is 0 Å². The zero-order valence-electron chi connectivity index (χ0n) is 30.3. The van der Waals surface area contributed by atoms with Crippen molar-refractivity contribution in [1.29, 1.82) is 0 Å². The van der Waals surface area contributed by atoms with Crippen LogP contribution in [-0.2, 0) is 33.6 Å². The van der Waals surface area contributed by atoms with Crippen LogP contribution in [0, 0.1) is 23.2 Å². The Hall–Kier alpha value is -4.09. The molecule has 5 amide bonds. The molecule has 0 bridgehead atoms. The SMILES string of the molecule is C#CCCC(C)(CC(C)(CC(C)(SC(=S)c1ccccc1)C(=O)NCC(=O)N1CCSC1=S)C(=O)NCC(=O)NC(C(=O)O)C(=O)O)C(=O)NCC(C)O. The van der Waals surface area contributed by atoms with Gasteiger partial charge >= 0.3 is 11.9 Å². The lowest BCUT2D eigenvalue weighted by atomic mass is 9.66. The predicted molar refractivity (Wildman–Crippen MR) is 212 cm³/mol. The van der Waals surface area contributed by atoms with Gasteiger partial charge in [-0.05, 0) is 38.7 Å². The van der Waals surface area contributed by atoms with E-state index in [0.29, 0.717) is 22.2 Å². The lowest BCUT2D eigenvalue weighted by Gasteiger charge is -2.42. The second-order valence-corrected chi connectivity index (χ2v) is 17.3. The molecule has 1 aliphatic heterocycles. The molecule has 1 saturated heterocycles. The number of nitrogens with zero attached hydrogens (tertiary/aromatic N) is 1. The van der Waals surface area contributed by atoms with Crippen LogP contribution in [0.5, 0.6) is 0 Å². The van der Waals surface area contributed by atoms with E-state index in [1.54, 1.807) is 37.3 Å². The summed E-state index contributed by atoms with van der Waals surface area (Å²) in [6, 6.07) is 6.46. The molecule has 1 aromatic rings. The minimum atomic E-state index is -2.29. The van der Waals surface area contributed by atoms with E-state index in [-0.39, 0.29) is 36.4 Å². The van der Waals surface area contributed by atoms with E-state index in [9.17, 15) is 48.9 Å². The van der Waals surface area contributed by atoms with Gasteiger partial charge in [-0.2, -0.15) is 0 Å². The van der Waals surface area contributed by atoms with Gasteiger partial charge in [0.1, 0.15) is 4.32 Å². The monoisotopic (exact) mass is 823 g/mol. The summed E-state index contributed by atoms with van der Waals surface area (Å²) in [6.07, 6.45) is 4.22. The zero-order chi connectivity index (χ0) is 40.9. The molecule has 0 aromatic heterocycles. The molecular weight excluding hydrogens is 779 g/mol. The third kappa shape index (κ3) is 13.3. The smallest absolute Gasteiger partial charge is 0.338 e. The van der Waals surface area contributed by atoms with E-state index in [0.717, 1.165) is 11.8 Å². The zero-order valence-corrected chi connectivity index (χ0v) is 33.5. The predicted octanol–water partition coefficient (Wildman–Crippen LogP) is 1.30. The summed E-state index contributed by atoms with van der Waals surface area (Å²) in [5.74, 6) is -4.24. The molecule has 19 heteroatoms. The van der Waals surface area contributed by atoms with Crippen molar-refractivity contribution >= 4 is 98.0 Å². The Kier molecular flexibility index (Phi) is 17.5. The number of benzene rings is 1. The molecule has 2 rings (SSSR count). The highest BCUT2D eigenvalue weighted by Gasteiger charge is 2.50. The standard InChI is InChI=1S/C35H45N5O10S4/c1-6-7-13-33(3,29(48)36-16-21(2)41)19-34(4,30(49)37-17-23(42)39-25(26(44)45)27(46)47)20-35(5,54-28(51)22-11-9-8-10-12-22)31(50)38-18-24(43)40-14-15-53-32(40)52/h1,8-12,21,25,41H,7,13-20H2,2-5H3,(H,36,48)(H,37,49)(H,38,50)(H,39,42)(H,44,45)(H,46,47). The van der Waals surface area contributed by atoms with Crippen molar-refractivity contribution in [2.45, 2.75) is 70.3 Å². The number of rotatable bonds is 20. The number of carbonyl (C=O) groups excluding carboxylic acids is 5. The molecule has 1 aromatic carbocycles. The Morgan fingerprint density at radius 1 is 0.944 bits per heavy atom. The summed E-state index contributed by atoms with van der Waals surface area (Å²) in [4.78, 5) is 92.0. The number of nitrogens with one attached hydrogen (secondary N) is 4. The highest BCUT2D eigenvalue weighted by atomic mass is 32.2. The summed E-state index contributed by atoms with van der Waals surface area (Å²) in [5, 5.41) is 37.8. The lowest BCUT2D eigenvalue weighted by Crippen LogP contribution is -2.55.